The molecule has 0 saturated carbocycles. The number of benzene rings is 3. The van der Waals surface area contributed by atoms with Crippen LogP contribution in [0.25, 0.3) is 0 Å². The standard InChI is InChI=1S/C24H24N2O2/c27-24(17-25-21-15-8-10-18-9-4-5-13-20(18)21)26-22-14-6-7-16-23(22)28-19-11-2-1-3-12-19/h1-7,9,11-14,16,21,25H,8,10,15,17H2,(H,26,27)/t21-/m0/s1. The summed E-state index contributed by atoms with van der Waals surface area (Å²) in [5.74, 6) is 1.29. The maximum atomic E-state index is 12.5. The van der Waals surface area contributed by atoms with Crippen LogP contribution >= 0.6 is 0 Å². The number of anilines is 1. The van der Waals surface area contributed by atoms with E-state index in [1.807, 2.05) is 54.6 Å². The second-order valence-corrected chi connectivity index (χ2v) is 6.98. The summed E-state index contributed by atoms with van der Waals surface area (Å²) in [6.45, 7) is 0.263. The highest BCUT2D eigenvalue weighted by Gasteiger charge is 2.20. The van der Waals surface area contributed by atoms with E-state index >= 15 is 0 Å². The second-order valence-electron chi connectivity index (χ2n) is 6.98. The van der Waals surface area contributed by atoms with E-state index in [9.17, 15) is 4.79 Å². The highest BCUT2D eigenvalue weighted by Crippen LogP contribution is 2.30. The lowest BCUT2D eigenvalue weighted by Crippen LogP contribution is -2.33. The predicted molar refractivity (Wildman–Crippen MR) is 112 cm³/mol. The third kappa shape index (κ3) is 4.41. The van der Waals surface area contributed by atoms with Gasteiger partial charge in [-0.3, -0.25) is 4.79 Å². The first-order valence-electron chi connectivity index (χ1n) is 9.72. The molecule has 1 aliphatic carbocycles. The molecule has 1 amide bonds. The Morgan fingerprint density at radius 3 is 2.57 bits per heavy atom. The minimum Gasteiger partial charge on any atom is -0.455 e. The predicted octanol–water partition coefficient (Wildman–Crippen LogP) is 5.08. The van der Waals surface area contributed by atoms with E-state index in [0.29, 0.717) is 11.4 Å². The quantitative estimate of drug-likeness (QED) is 0.634. The van der Waals surface area contributed by atoms with Gasteiger partial charge in [-0.2, -0.15) is 0 Å². The molecule has 0 aromatic heterocycles. The molecule has 3 aromatic rings. The van der Waals surface area contributed by atoms with Crippen LogP contribution < -0.4 is 15.4 Å². The van der Waals surface area contributed by atoms with Crippen molar-refractivity contribution in [1.82, 2.24) is 5.32 Å². The molecule has 3 aromatic carbocycles. The Morgan fingerprint density at radius 1 is 0.929 bits per heavy atom. The van der Waals surface area contributed by atoms with Crippen molar-refractivity contribution >= 4 is 11.6 Å². The highest BCUT2D eigenvalue weighted by atomic mass is 16.5. The number of hydrogen-bond acceptors (Lipinski definition) is 3. The summed E-state index contributed by atoms with van der Waals surface area (Å²) in [5.41, 5.74) is 3.37. The van der Waals surface area contributed by atoms with Gasteiger partial charge < -0.3 is 15.4 Å². The summed E-state index contributed by atoms with van der Waals surface area (Å²) in [5, 5.41) is 6.38. The smallest absolute Gasteiger partial charge is 0.238 e. The molecule has 0 heterocycles. The fourth-order valence-corrected chi connectivity index (χ4v) is 3.65. The molecule has 0 radical (unpaired) electrons. The molecule has 142 valence electrons. The van der Waals surface area contributed by atoms with Crippen molar-refractivity contribution < 1.29 is 9.53 Å². The van der Waals surface area contributed by atoms with E-state index in [1.165, 1.54) is 11.1 Å². The Morgan fingerprint density at radius 2 is 1.68 bits per heavy atom. The molecule has 4 rings (SSSR count). The van der Waals surface area contributed by atoms with Gasteiger partial charge in [0.05, 0.1) is 12.2 Å². The van der Waals surface area contributed by atoms with Crippen LogP contribution in [0, 0.1) is 0 Å². The normalized spacial score (nSPS) is 15.5. The van der Waals surface area contributed by atoms with Gasteiger partial charge in [0.1, 0.15) is 5.75 Å². The van der Waals surface area contributed by atoms with Gasteiger partial charge in [0.25, 0.3) is 0 Å². The lowest BCUT2D eigenvalue weighted by molar-refractivity contribution is -0.115. The van der Waals surface area contributed by atoms with E-state index in [-0.39, 0.29) is 18.5 Å². The number of hydrogen-bond donors (Lipinski definition) is 2. The zero-order chi connectivity index (χ0) is 19.2. The number of fused-ring (bicyclic) bond motifs is 1. The van der Waals surface area contributed by atoms with Crippen LogP contribution in [0.3, 0.4) is 0 Å². The first-order chi connectivity index (χ1) is 13.8. The molecule has 0 bridgehead atoms. The van der Waals surface area contributed by atoms with Gasteiger partial charge in [0, 0.05) is 6.04 Å². The van der Waals surface area contributed by atoms with Gasteiger partial charge in [0.15, 0.2) is 5.75 Å². The van der Waals surface area contributed by atoms with E-state index in [2.05, 4.69) is 34.9 Å². The van der Waals surface area contributed by atoms with Crippen LogP contribution in [-0.4, -0.2) is 12.5 Å². The van der Waals surface area contributed by atoms with E-state index < -0.39 is 0 Å². The molecule has 0 saturated heterocycles. The first kappa shape index (κ1) is 18.3. The number of carbonyl (C=O) groups is 1. The molecule has 4 nitrogen and oxygen atoms in total. The van der Waals surface area contributed by atoms with Crippen molar-refractivity contribution in [2.45, 2.75) is 25.3 Å². The summed E-state index contributed by atoms with van der Waals surface area (Å²) in [6, 6.07) is 25.8. The molecule has 1 aliphatic rings. The van der Waals surface area contributed by atoms with Gasteiger partial charge in [-0.1, -0.05) is 54.6 Å². The fourth-order valence-electron chi connectivity index (χ4n) is 3.65. The van der Waals surface area contributed by atoms with E-state index in [1.54, 1.807) is 0 Å². The number of ether oxygens (including phenoxy) is 1. The molecule has 0 aliphatic heterocycles. The van der Waals surface area contributed by atoms with Crippen molar-refractivity contribution in [3.8, 4) is 11.5 Å². The van der Waals surface area contributed by atoms with Crippen LogP contribution in [0.15, 0.2) is 78.9 Å². The zero-order valence-corrected chi connectivity index (χ0v) is 15.7. The van der Waals surface area contributed by atoms with Crippen molar-refractivity contribution in [1.29, 1.82) is 0 Å². The Balaban J connectivity index is 1.39. The summed E-state index contributed by atoms with van der Waals surface area (Å²) in [7, 11) is 0. The number of para-hydroxylation sites is 3. The number of nitrogens with one attached hydrogen (secondary N) is 2. The van der Waals surface area contributed by atoms with E-state index in [4.69, 9.17) is 4.74 Å². The van der Waals surface area contributed by atoms with Gasteiger partial charge in [0.2, 0.25) is 5.91 Å². The van der Waals surface area contributed by atoms with Gasteiger partial charge in [-0.25, -0.2) is 0 Å². The van der Waals surface area contributed by atoms with Crippen molar-refractivity contribution in [3.63, 3.8) is 0 Å². The van der Waals surface area contributed by atoms with Crippen LogP contribution in [0.2, 0.25) is 0 Å². The average molecular weight is 372 g/mol. The topological polar surface area (TPSA) is 50.4 Å². The summed E-state index contributed by atoms with van der Waals surface area (Å²) in [6.07, 6.45) is 3.31. The maximum absolute atomic E-state index is 12.5. The molecule has 1 atom stereocenters. The Hall–Kier alpha value is -3.11. The Bertz CT molecular complexity index is 940. The molecule has 28 heavy (non-hydrogen) atoms. The minimum absolute atomic E-state index is 0.0767. The Kier molecular flexibility index (Phi) is 5.69. The van der Waals surface area contributed by atoms with Crippen LogP contribution in [-0.2, 0) is 11.2 Å². The average Bonchev–Trinajstić information content (AvgIpc) is 2.74. The lowest BCUT2D eigenvalue weighted by Gasteiger charge is -2.26. The highest BCUT2D eigenvalue weighted by molar-refractivity contribution is 5.93. The molecular formula is C24H24N2O2. The fraction of sp³-hybridized carbons (Fsp3) is 0.208. The number of rotatable bonds is 6. The maximum Gasteiger partial charge on any atom is 0.238 e. The van der Waals surface area contributed by atoms with Crippen molar-refractivity contribution in [2.24, 2.45) is 0 Å². The first-order valence-corrected chi connectivity index (χ1v) is 9.72. The van der Waals surface area contributed by atoms with Crippen LogP contribution in [0.1, 0.15) is 30.0 Å². The summed E-state index contributed by atoms with van der Waals surface area (Å²) < 4.78 is 5.92. The zero-order valence-electron chi connectivity index (χ0n) is 15.7. The number of carbonyl (C=O) groups excluding carboxylic acids is 1. The van der Waals surface area contributed by atoms with Crippen molar-refractivity contribution in [2.75, 3.05) is 11.9 Å². The molecule has 0 fully saturated rings. The molecule has 0 spiro atoms. The third-order valence-corrected chi connectivity index (χ3v) is 5.01. The van der Waals surface area contributed by atoms with Crippen LogP contribution in [0.4, 0.5) is 5.69 Å². The monoisotopic (exact) mass is 372 g/mol. The molecule has 4 heteroatoms. The number of amides is 1. The lowest BCUT2D eigenvalue weighted by atomic mass is 9.88. The summed E-state index contributed by atoms with van der Waals surface area (Å²) >= 11 is 0. The van der Waals surface area contributed by atoms with Gasteiger partial charge in [-0.15, -0.1) is 0 Å². The molecular weight excluding hydrogens is 348 g/mol. The molecule has 0 unspecified atom stereocenters. The van der Waals surface area contributed by atoms with Gasteiger partial charge in [-0.05, 0) is 54.7 Å². The third-order valence-electron chi connectivity index (χ3n) is 5.01. The Labute approximate surface area is 165 Å². The SMILES string of the molecule is O=C(CN[C@H]1CCCc2ccccc21)Nc1ccccc1Oc1ccccc1. The molecule has 2 N–H and O–H groups in total. The van der Waals surface area contributed by atoms with Gasteiger partial charge >= 0.3 is 0 Å². The van der Waals surface area contributed by atoms with E-state index in [0.717, 1.165) is 25.0 Å². The second kappa shape index (κ2) is 8.72. The van der Waals surface area contributed by atoms with Crippen LogP contribution in [0.5, 0.6) is 11.5 Å². The summed E-state index contributed by atoms with van der Waals surface area (Å²) in [4.78, 5) is 12.5. The number of aryl methyl sites for hydroxylation is 1. The largest absolute Gasteiger partial charge is 0.455 e. The van der Waals surface area contributed by atoms with Crippen molar-refractivity contribution in [3.05, 3.63) is 90.0 Å². The minimum atomic E-state index is -0.0767.